The second kappa shape index (κ2) is 7.63. The molecule has 28 heavy (non-hydrogen) atoms. The molecule has 3 aromatic rings. The summed E-state index contributed by atoms with van der Waals surface area (Å²) >= 11 is 3.43. The Labute approximate surface area is 170 Å². The van der Waals surface area contributed by atoms with Crippen LogP contribution < -0.4 is 21.5 Å². The molecular weight excluding hydrogens is 444 g/mol. The van der Waals surface area contributed by atoms with Crippen LogP contribution in [0.15, 0.2) is 76.1 Å². The Bertz CT molecular complexity index is 1150. The topological polar surface area (TPSA) is 133 Å². The highest BCUT2D eigenvalue weighted by Crippen LogP contribution is 2.41. The Morgan fingerprint density at radius 2 is 1.50 bits per heavy atom. The van der Waals surface area contributed by atoms with Crippen molar-refractivity contribution in [1.82, 2.24) is 0 Å². The van der Waals surface area contributed by atoms with Gasteiger partial charge >= 0.3 is 6.03 Å². The summed E-state index contributed by atoms with van der Waals surface area (Å²) in [6.07, 6.45) is 0. The number of nitrogen functional groups attached to an aromatic ring is 1. The van der Waals surface area contributed by atoms with Gasteiger partial charge in [-0.15, -0.1) is 0 Å². The minimum Gasteiger partial charge on any atom is -0.398 e. The Hall–Kier alpha value is -2.88. The average Bonchev–Trinajstić information content (AvgIpc) is 2.63. The summed E-state index contributed by atoms with van der Waals surface area (Å²) < 4.78 is 23.7. The molecular formula is C19H17BrN4O3S. The molecule has 0 spiro atoms. The number of urea groups is 1. The van der Waals surface area contributed by atoms with E-state index in [0.717, 1.165) is 0 Å². The van der Waals surface area contributed by atoms with Crippen molar-refractivity contribution >= 4 is 49.0 Å². The predicted octanol–water partition coefficient (Wildman–Crippen LogP) is 3.56. The number of rotatable bonds is 4. The summed E-state index contributed by atoms with van der Waals surface area (Å²) in [7, 11) is -3.82. The number of hydrogen-bond donors (Lipinski definition) is 3. The summed E-state index contributed by atoms with van der Waals surface area (Å²) in [6, 6.07) is 17.5. The number of nitrogens with zero attached hydrogens (tertiary/aromatic N) is 1. The third kappa shape index (κ3) is 3.86. The van der Waals surface area contributed by atoms with Gasteiger partial charge in [0.15, 0.2) is 0 Å². The summed E-state index contributed by atoms with van der Waals surface area (Å²) in [6.45, 7) is 0. The van der Waals surface area contributed by atoms with Crippen LogP contribution in [-0.2, 0) is 10.0 Å². The molecule has 9 heteroatoms. The third-order valence-electron chi connectivity index (χ3n) is 4.10. The van der Waals surface area contributed by atoms with Crippen molar-refractivity contribution in [2.75, 3.05) is 10.6 Å². The number of primary sulfonamides is 1. The molecule has 0 aliphatic heterocycles. The number of nitrogens with two attached hydrogens (primary N) is 3. The smallest absolute Gasteiger partial charge is 0.323 e. The van der Waals surface area contributed by atoms with Gasteiger partial charge in [0.25, 0.3) is 0 Å². The highest BCUT2D eigenvalue weighted by Gasteiger charge is 2.22. The van der Waals surface area contributed by atoms with E-state index < -0.39 is 16.1 Å². The van der Waals surface area contributed by atoms with Crippen LogP contribution in [0.1, 0.15) is 0 Å². The fourth-order valence-electron chi connectivity index (χ4n) is 2.87. The number of carbonyl (C=O) groups is 1. The first-order valence-electron chi connectivity index (χ1n) is 8.06. The number of primary amides is 1. The third-order valence-corrected chi connectivity index (χ3v) is 5.70. The van der Waals surface area contributed by atoms with Gasteiger partial charge in [0.1, 0.15) is 0 Å². The van der Waals surface area contributed by atoms with Crippen LogP contribution in [-0.4, -0.2) is 14.4 Å². The monoisotopic (exact) mass is 460 g/mol. The molecule has 0 unspecified atom stereocenters. The van der Waals surface area contributed by atoms with E-state index in [-0.39, 0.29) is 4.90 Å². The van der Waals surface area contributed by atoms with Gasteiger partial charge in [-0.25, -0.2) is 18.4 Å². The number of carbonyl (C=O) groups excluding carboxylic acids is 1. The van der Waals surface area contributed by atoms with Crippen molar-refractivity contribution < 1.29 is 13.2 Å². The molecule has 3 rings (SSSR count). The number of para-hydroxylation sites is 1. The maximum Gasteiger partial charge on any atom is 0.323 e. The molecule has 0 saturated heterocycles. The molecule has 144 valence electrons. The standard InChI is InChI=1S/C19H17BrN4O3S/c20-14-4-1-2-6-16(14)24(19(22)25)17-7-3-5-15(21)18(17)12-8-10-13(11-9-12)28(23,26)27/h1-11H,21H2,(H2,22,25)(H2,23,26,27). The molecule has 0 fully saturated rings. The van der Waals surface area contributed by atoms with E-state index >= 15 is 0 Å². The normalized spacial score (nSPS) is 11.2. The second-order valence-corrected chi connectivity index (χ2v) is 8.35. The first-order chi connectivity index (χ1) is 13.2. The van der Waals surface area contributed by atoms with E-state index in [4.69, 9.17) is 16.6 Å². The van der Waals surface area contributed by atoms with Gasteiger partial charge in [0, 0.05) is 15.7 Å². The lowest BCUT2D eigenvalue weighted by atomic mass is 10.0. The molecule has 2 amide bonds. The second-order valence-electron chi connectivity index (χ2n) is 5.94. The minimum atomic E-state index is -3.82. The molecule has 0 aliphatic rings. The van der Waals surface area contributed by atoms with Crippen molar-refractivity contribution in [2.45, 2.75) is 4.90 Å². The molecule has 0 aromatic heterocycles. The quantitative estimate of drug-likeness (QED) is 0.513. The van der Waals surface area contributed by atoms with Crippen molar-refractivity contribution in [2.24, 2.45) is 10.9 Å². The summed E-state index contributed by atoms with van der Waals surface area (Å²) in [4.78, 5) is 13.6. The van der Waals surface area contributed by atoms with Crippen molar-refractivity contribution in [3.8, 4) is 11.1 Å². The first kappa shape index (κ1) is 19.9. The maximum absolute atomic E-state index is 12.3. The number of anilines is 3. The minimum absolute atomic E-state index is 0.0233. The van der Waals surface area contributed by atoms with Gasteiger partial charge in [0.2, 0.25) is 10.0 Å². The van der Waals surface area contributed by atoms with Crippen LogP contribution >= 0.6 is 15.9 Å². The van der Waals surface area contributed by atoms with Crippen molar-refractivity contribution in [3.05, 3.63) is 71.2 Å². The van der Waals surface area contributed by atoms with Crippen LogP contribution in [0.2, 0.25) is 0 Å². The van der Waals surface area contributed by atoms with E-state index in [1.54, 1.807) is 48.5 Å². The molecule has 6 N–H and O–H groups in total. The summed E-state index contributed by atoms with van der Waals surface area (Å²) in [5.74, 6) is 0. The van der Waals surface area contributed by atoms with Gasteiger partial charge in [-0.2, -0.15) is 0 Å². The van der Waals surface area contributed by atoms with Gasteiger partial charge in [-0.05, 0) is 57.9 Å². The van der Waals surface area contributed by atoms with Crippen LogP contribution in [0.5, 0.6) is 0 Å². The first-order valence-corrected chi connectivity index (χ1v) is 10.4. The van der Waals surface area contributed by atoms with E-state index in [1.165, 1.54) is 17.0 Å². The van der Waals surface area contributed by atoms with E-state index in [9.17, 15) is 13.2 Å². The molecule has 0 atom stereocenters. The van der Waals surface area contributed by atoms with Crippen LogP contribution in [0.3, 0.4) is 0 Å². The van der Waals surface area contributed by atoms with Gasteiger partial charge in [-0.1, -0.05) is 30.3 Å². The van der Waals surface area contributed by atoms with E-state index in [2.05, 4.69) is 15.9 Å². The predicted molar refractivity (Wildman–Crippen MR) is 114 cm³/mol. The van der Waals surface area contributed by atoms with Crippen molar-refractivity contribution in [1.29, 1.82) is 0 Å². The fourth-order valence-corrected chi connectivity index (χ4v) is 3.85. The Balaban J connectivity index is 2.22. The SMILES string of the molecule is NC(=O)N(c1ccccc1Br)c1cccc(N)c1-c1ccc(S(N)(=O)=O)cc1. The van der Waals surface area contributed by atoms with Crippen molar-refractivity contribution in [3.63, 3.8) is 0 Å². The maximum atomic E-state index is 12.3. The molecule has 0 radical (unpaired) electrons. The zero-order valence-electron chi connectivity index (χ0n) is 14.5. The van der Waals surface area contributed by atoms with Crippen LogP contribution in [0.4, 0.5) is 21.9 Å². The number of hydrogen-bond acceptors (Lipinski definition) is 4. The number of halogens is 1. The molecule has 0 bridgehead atoms. The van der Waals surface area contributed by atoms with Crippen LogP contribution in [0.25, 0.3) is 11.1 Å². The average molecular weight is 461 g/mol. The lowest BCUT2D eigenvalue weighted by molar-refractivity contribution is 0.256. The highest BCUT2D eigenvalue weighted by molar-refractivity contribution is 9.10. The zero-order valence-corrected chi connectivity index (χ0v) is 16.9. The molecule has 0 saturated carbocycles. The molecule has 0 aliphatic carbocycles. The van der Waals surface area contributed by atoms with Gasteiger partial charge in [0.05, 0.1) is 16.3 Å². The molecule has 0 heterocycles. The summed E-state index contributed by atoms with van der Waals surface area (Å²) in [5.41, 5.74) is 14.4. The highest BCUT2D eigenvalue weighted by atomic mass is 79.9. The number of sulfonamides is 1. The van der Waals surface area contributed by atoms with Crippen LogP contribution in [0, 0.1) is 0 Å². The number of benzene rings is 3. The Morgan fingerprint density at radius 1 is 0.893 bits per heavy atom. The Kier molecular flexibility index (Phi) is 5.41. The molecule has 3 aromatic carbocycles. The van der Waals surface area contributed by atoms with E-state index in [1.807, 2.05) is 6.07 Å². The zero-order chi connectivity index (χ0) is 20.5. The van der Waals surface area contributed by atoms with Gasteiger partial charge < -0.3 is 11.5 Å². The largest absolute Gasteiger partial charge is 0.398 e. The lowest BCUT2D eigenvalue weighted by Crippen LogP contribution is -2.32. The number of amides is 2. The van der Waals surface area contributed by atoms with E-state index in [0.29, 0.717) is 32.7 Å². The molecule has 7 nitrogen and oxygen atoms in total. The Morgan fingerprint density at radius 3 is 2.07 bits per heavy atom. The van der Waals surface area contributed by atoms with Gasteiger partial charge in [-0.3, -0.25) is 4.90 Å². The summed E-state index contributed by atoms with van der Waals surface area (Å²) in [5, 5.41) is 5.16. The fraction of sp³-hybridized carbons (Fsp3) is 0. The lowest BCUT2D eigenvalue weighted by Gasteiger charge is -2.25.